The normalized spacial score (nSPS) is 13.6. The first-order chi connectivity index (χ1) is 17.0. The third-order valence-electron chi connectivity index (χ3n) is 5.49. The minimum absolute atomic E-state index is 0.0100. The Labute approximate surface area is 208 Å². The SMILES string of the molecule is CC(C)CC(NC(=O)C(N)Cc1c[nH]c2ccccc12)C(=O)NC(CCC(=O)O)C(=O)NCC(=O)O. The molecule has 0 aliphatic carbocycles. The van der Waals surface area contributed by atoms with Gasteiger partial charge in [0.1, 0.15) is 18.6 Å². The number of para-hydroxylation sites is 1. The highest BCUT2D eigenvalue weighted by atomic mass is 16.4. The molecule has 3 unspecified atom stereocenters. The summed E-state index contributed by atoms with van der Waals surface area (Å²) in [5.41, 5.74) is 7.89. The molecule has 0 fully saturated rings. The van der Waals surface area contributed by atoms with E-state index in [2.05, 4.69) is 20.9 Å². The van der Waals surface area contributed by atoms with Gasteiger partial charge in [0.05, 0.1) is 6.04 Å². The van der Waals surface area contributed by atoms with Gasteiger partial charge in [0, 0.05) is 23.5 Å². The molecule has 12 nitrogen and oxygen atoms in total. The minimum Gasteiger partial charge on any atom is -0.481 e. The molecule has 0 aliphatic rings. The van der Waals surface area contributed by atoms with Crippen LogP contribution in [0.4, 0.5) is 0 Å². The Kier molecular flexibility index (Phi) is 10.4. The van der Waals surface area contributed by atoms with E-state index in [0.29, 0.717) is 0 Å². The summed E-state index contributed by atoms with van der Waals surface area (Å²) in [6.07, 6.45) is 1.56. The first-order valence-corrected chi connectivity index (χ1v) is 11.6. The average molecular weight is 504 g/mol. The van der Waals surface area contributed by atoms with Crippen LogP contribution in [0.5, 0.6) is 0 Å². The number of nitrogens with one attached hydrogen (secondary N) is 4. The van der Waals surface area contributed by atoms with Crippen LogP contribution in [-0.4, -0.2) is 69.5 Å². The second-order valence-electron chi connectivity index (χ2n) is 8.97. The van der Waals surface area contributed by atoms with Gasteiger partial charge in [-0.1, -0.05) is 32.0 Å². The van der Waals surface area contributed by atoms with Crippen LogP contribution in [0.25, 0.3) is 10.9 Å². The Morgan fingerprint density at radius 3 is 2.25 bits per heavy atom. The van der Waals surface area contributed by atoms with E-state index in [-0.39, 0.29) is 25.2 Å². The largest absolute Gasteiger partial charge is 0.481 e. The van der Waals surface area contributed by atoms with Gasteiger partial charge in [-0.05, 0) is 36.8 Å². The smallest absolute Gasteiger partial charge is 0.322 e. The topological polar surface area (TPSA) is 204 Å². The molecule has 2 aromatic rings. The highest BCUT2D eigenvalue weighted by molar-refractivity contribution is 5.94. The predicted molar refractivity (Wildman–Crippen MR) is 131 cm³/mol. The number of carbonyl (C=O) groups excluding carboxylic acids is 3. The number of H-pyrrole nitrogens is 1. The number of aromatic nitrogens is 1. The molecular weight excluding hydrogens is 470 g/mol. The van der Waals surface area contributed by atoms with E-state index in [1.54, 1.807) is 6.20 Å². The molecule has 1 aromatic heterocycles. The maximum atomic E-state index is 13.0. The Morgan fingerprint density at radius 2 is 1.61 bits per heavy atom. The summed E-state index contributed by atoms with van der Waals surface area (Å²) in [5.74, 6) is -4.58. The highest BCUT2D eigenvalue weighted by Gasteiger charge is 2.29. The van der Waals surface area contributed by atoms with Crippen molar-refractivity contribution in [2.45, 2.75) is 57.7 Å². The molecule has 3 amide bonds. The quantitative estimate of drug-likeness (QED) is 0.188. The van der Waals surface area contributed by atoms with E-state index < -0.39 is 60.8 Å². The Bertz CT molecular complexity index is 1100. The van der Waals surface area contributed by atoms with Crippen LogP contribution in [0, 0.1) is 5.92 Å². The molecule has 0 radical (unpaired) electrons. The number of carboxylic acid groups (broad SMARTS) is 2. The number of benzene rings is 1. The fraction of sp³-hybridized carbons (Fsp3) is 0.458. The fourth-order valence-electron chi connectivity index (χ4n) is 3.71. The standard InChI is InChI=1S/C24H33N5O7/c1-13(2)9-19(24(36)28-18(7-8-20(30)31)23(35)27-12-21(32)33)29-22(34)16(25)10-14-11-26-17-6-4-3-5-15(14)17/h3-6,11,13,16,18-19,26H,7-10,12,25H2,1-2H3,(H,27,35)(H,28,36)(H,29,34)(H,30,31)(H,32,33). The molecule has 0 aliphatic heterocycles. The van der Waals surface area contributed by atoms with Crippen LogP contribution >= 0.6 is 0 Å². The number of aliphatic carboxylic acids is 2. The van der Waals surface area contributed by atoms with E-state index in [1.165, 1.54) is 0 Å². The van der Waals surface area contributed by atoms with E-state index in [9.17, 15) is 24.0 Å². The van der Waals surface area contributed by atoms with Crippen molar-refractivity contribution in [1.82, 2.24) is 20.9 Å². The van der Waals surface area contributed by atoms with Crippen molar-refractivity contribution >= 4 is 40.6 Å². The van der Waals surface area contributed by atoms with Crippen LogP contribution in [0.2, 0.25) is 0 Å². The highest BCUT2D eigenvalue weighted by Crippen LogP contribution is 2.19. The summed E-state index contributed by atoms with van der Waals surface area (Å²) in [6.45, 7) is 3.01. The summed E-state index contributed by atoms with van der Waals surface area (Å²) < 4.78 is 0. The minimum atomic E-state index is -1.29. The van der Waals surface area contributed by atoms with E-state index >= 15 is 0 Å². The number of hydrogen-bond donors (Lipinski definition) is 7. The maximum Gasteiger partial charge on any atom is 0.322 e. The molecule has 1 aromatic carbocycles. The van der Waals surface area contributed by atoms with Crippen molar-refractivity contribution in [1.29, 1.82) is 0 Å². The lowest BCUT2D eigenvalue weighted by Crippen LogP contribution is -2.56. The Balaban J connectivity index is 2.09. The van der Waals surface area contributed by atoms with Gasteiger partial charge in [-0.2, -0.15) is 0 Å². The molecule has 36 heavy (non-hydrogen) atoms. The molecule has 0 saturated heterocycles. The van der Waals surface area contributed by atoms with Gasteiger partial charge >= 0.3 is 11.9 Å². The van der Waals surface area contributed by atoms with Crippen molar-refractivity contribution in [3.05, 3.63) is 36.0 Å². The van der Waals surface area contributed by atoms with Crippen LogP contribution in [0.1, 0.15) is 38.7 Å². The molecule has 0 spiro atoms. The average Bonchev–Trinajstić information content (AvgIpc) is 3.21. The molecule has 0 bridgehead atoms. The van der Waals surface area contributed by atoms with Crippen LogP contribution in [-0.2, 0) is 30.4 Å². The number of carboxylic acids is 2. The third kappa shape index (κ3) is 8.69. The van der Waals surface area contributed by atoms with Gasteiger partial charge < -0.3 is 36.9 Å². The monoisotopic (exact) mass is 503 g/mol. The number of hydrogen-bond acceptors (Lipinski definition) is 6. The number of rotatable bonds is 14. The first kappa shape index (κ1) is 28.3. The van der Waals surface area contributed by atoms with Gasteiger partial charge in [-0.15, -0.1) is 0 Å². The third-order valence-corrected chi connectivity index (χ3v) is 5.49. The van der Waals surface area contributed by atoms with Crippen molar-refractivity contribution in [2.75, 3.05) is 6.54 Å². The molecule has 1 heterocycles. The van der Waals surface area contributed by atoms with Gasteiger partial charge in [0.15, 0.2) is 0 Å². The second-order valence-corrected chi connectivity index (χ2v) is 8.97. The molecule has 8 N–H and O–H groups in total. The summed E-state index contributed by atoms with van der Waals surface area (Å²) >= 11 is 0. The molecule has 0 saturated carbocycles. The van der Waals surface area contributed by atoms with Crippen LogP contribution in [0.3, 0.4) is 0 Å². The number of amides is 3. The summed E-state index contributed by atoms with van der Waals surface area (Å²) in [7, 11) is 0. The zero-order valence-electron chi connectivity index (χ0n) is 20.2. The first-order valence-electron chi connectivity index (χ1n) is 11.6. The predicted octanol–water partition coefficient (Wildman–Crippen LogP) is 0.119. The maximum absolute atomic E-state index is 13.0. The lowest BCUT2D eigenvalue weighted by Gasteiger charge is -2.25. The van der Waals surface area contributed by atoms with E-state index in [1.807, 2.05) is 38.1 Å². The van der Waals surface area contributed by atoms with Crippen molar-refractivity contribution in [3.63, 3.8) is 0 Å². The molecular formula is C24H33N5O7. The van der Waals surface area contributed by atoms with Crippen molar-refractivity contribution in [3.8, 4) is 0 Å². The number of nitrogens with two attached hydrogens (primary N) is 1. The zero-order valence-corrected chi connectivity index (χ0v) is 20.2. The van der Waals surface area contributed by atoms with Crippen molar-refractivity contribution in [2.24, 2.45) is 11.7 Å². The van der Waals surface area contributed by atoms with E-state index in [0.717, 1.165) is 16.5 Å². The van der Waals surface area contributed by atoms with E-state index in [4.69, 9.17) is 15.9 Å². The van der Waals surface area contributed by atoms with Gasteiger partial charge in [-0.3, -0.25) is 24.0 Å². The fourth-order valence-corrected chi connectivity index (χ4v) is 3.71. The second kappa shape index (κ2) is 13.2. The van der Waals surface area contributed by atoms with Crippen LogP contribution in [0.15, 0.2) is 30.5 Å². The van der Waals surface area contributed by atoms with Gasteiger partial charge in [-0.25, -0.2) is 0 Å². The zero-order chi connectivity index (χ0) is 26.8. The lowest BCUT2D eigenvalue weighted by atomic mass is 10.0. The molecule has 196 valence electrons. The summed E-state index contributed by atoms with van der Waals surface area (Å²) in [6, 6.07) is 4.30. The Morgan fingerprint density at radius 1 is 0.944 bits per heavy atom. The van der Waals surface area contributed by atoms with Gasteiger partial charge in [0.2, 0.25) is 17.7 Å². The molecule has 3 atom stereocenters. The van der Waals surface area contributed by atoms with Crippen molar-refractivity contribution < 1.29 is 34.2 Å². The molecule has 12 heteroatoms. The summed E-state index contributed by atoms with van der Waals surface area (Å²) in [4.78, 5) is 63.1. The van der Waals surface area contributed by atoms with Gasteiger partial charge in [0.25, 0.3) is 0 Å². The number of aromatic amines is 1. The summed E-state index contributed by atoms with van der Waals surface area (Å²) in [5, 5.41) is 25.9. The lowest BCUT2D eigenvalue weighted by molar-refractivity contribution is -0.140. The molecule has 2 rings (SSSR count). The van der Waals surface area contributed by atoms with Crippen LogP contribution < -0.4 is 21.7 Å². The number of carbonyl (C=O) groups is 5. The Hall–Kier alpha value is -3.93. The number of fused-ring (bicyclic) bond motifs is 1.